The van der Waals surface area contributed by atoms with Crippen molar-refractivity contribution < 1.29 is 0 Å². The summed E-state index contributed by atoms with van der Waals surface area (Å²) in [6.07, 6.45) is 2.64. The molecule has 0 bridgehead atoms. The van der Waals surface area contributed by atoms with Gasteiger partial charge in [0, 0.05) is 30.9 Å². The zero-order valence-electron chi connectivity index (χ0n) is 14.2. The summed E-state index contributed by atoms with van der Waals surface area (Å²) in [6, 6.07) is 0.528. The summed E-state index contributed by atoms with van der Waals surface area (Å²) >= 11 is 2.08. The molecular weight excluding hydrogens is 395 g/mol. The van der Waals surface area contributed by atoms with Gasteiger partial charge >= 0.3 is 0 Å². The second-order valence-corrected chi connectivity index (χ2v) is 7.46. The Balaban J connectivity index is 0.00000400. The topological polar surface area (TPSA) is 39.7 Å². The van der Waals surface area contributed by atoms with Gasteiger partial charge in [-0.1, -0.05) is 13.8 Å². The van der Waals surface area contributed by atoms with Gasteiger partial charge in [0.2, 0.25) is 0 Å². The highest BCUT2D eigenvalue weighted by Gasteiger charge is 2.29. The summed E-state index contributed by atoms with van der Waals surface area (Å²) in [6.45, 7) is 13.2. The van der Waals surface area contributed by atoms with E-state index in [1.165, 1.54) is 18.6 Å². The number of hydrogen-bond acceptors (Lipinski definition) is 3. The fraction of sp³-hybridized carbons (Fsp3) is 0.933. The fourth-order valence-electron chi connectivity index (χ4n) is 2.69. The van der Waals surface area contributed by atoms with Gasteiger partial charge in [-0.15, -0.1) is 24.0 Å². The second kappa shape index (κ2) is 10.9. The summed E-state index contributed by atoms with van der Waals surface area (Å²) < 4.78 is 0.377. The van der Waals surface area contributed by atoms with E-state index in [2.05, 4.69) is 60.0 Å². The molecule has 0 spiro atoms. The monoisotopic (exact) mass is 428 g/mol. The third-order valence-corrected chi connectivity index (χ3v) is 5.69. The van der Waals surface area contributed by atoms with Crippen molar-refractivity contribution in [1.82, 2.24) is 15.5 Å². The lowest BCUT2D eigenvalue weighted by atomic mass is 10.1. The van der Waals surface area contributed by atoms with Gasteiger partial charge in [-0.3, -0.25) is 9.89 Å². The molecule has 0 radical (unpaired) electrons. The SMILES string of the molecule is CCN(CC)C(C)CNC(=NC)NCC1(C)CCCS1.I. The van der Waals surface area contributed by atoms with Crippen LogP contribution in [-0.2, 0) is 0 Å². The first-order valence-electron chi connectivity index (χ1n) is 7.87. The molecule has 0 aromatic rings. The van der Waals surface area contributed by atoms with Crippen LogP contribution in [0.3, 0.4) is 0 Å². The van der Waals surface area contributed by atoms with E-state index in [0.29, 0.717) is 10.8 Å². The number of nitrogens with one attached hydrogen (secondary N) is 2. The lowest BCUT2D eigenvalue weighted by Crippen LogP contribution is -2.48. The van der Waals surface area contributed by atoms with Crippen molar-refractivity contribution in [2.24, 2.45) is 4.99 Å². The minimum Gasteiger partial charge on any atom is -0.355 e. The Labute approximate surface area is 152 Å². The summed E-state index contributed by atoms with van der Waals surface area (Å²) in [5.74, 6) is 2.22. The number of guanidine groups is 1. The van der Waals surface area contributed by atoms with Gasteiger partial charge in [-0.05, 0) is 45.5 Å². The highest BCUT2D eigenvalue weighted by Crippen LogP contribution is 2.36. The number of hydrogen-bond donors (Lipinski definition) is 2. The van der Waals surface area contributed by atoms with Crippen molar-refractivity contribution >= 4 is 41.7 Å². The van der Waals surface area contributed by atoms with Gasteiger partial charge in [-0.2, -0.15) is 11.8 Å². The molecule has 1 aliphatic rings. The smallest absolute Gasteiger partial charge is 0.191 e. The third kappa shape index (κ3) is 7.41. The first-order chi connectivity index (χ1) is 9.54. The number of halogens is 1. The van der Waals surface area contributed by atoms with Gasteiger partial charge in [0.15, 0.2) is 5.96 Å². The highest BCUT2D eigenvalue weighted by atomic mass is 127. The van der Waals surface area contributed by atoms with Crippen LogP contribution in [0.25, 0.3) is 0 Å². The number of nitrogens with zero attached hydrogens (tertiary/aromatic N) is 2. The lowest BCUT2D eigenvalue weighted by Gasteiger charge is -2.28. The van der Waals surface area contributed by atoms with E-state index in [1.807, 2.05) is 7.05 Å². The zero-order valence-corrected chi connectivity index (χ0v) is 17.4. The molecule has 0 amide bonds. The summed E-state index contributed by atoms with van der Waals surface area (Å²) in [7, 11) is 1.85. The molecular formula is C15H33IN4S. The molecule has 6 heteroatoms. The lowest BCUT2D eigenvalue weighted by molar-refractivity contribution is 0.231. The first-order valence-corrected chi connectivity index (χ1v) is 8.85. The zero-order chi connectivity index (χ0) is 15.0. The molecule has 2 atom stereocenters. The standard InChI is InChI=1S/C15H32N4S.HI/c1-6-19(7-2)13(3)11-17-14(16-5)18-12-15(4)9-8-10-20-15;/h13H,6-12H2,1-5H3,(H2,16,17,18);1H. The van der Waals surface area contributed by atoms with Gasteiger partial charge in [0.25, 0.3) is 0 Å². The van der Waals surface area contributed by atoms with Crippen LogP contribution in [0.4, 0.5) is 0 Å². The molecule has 1 saturated heterocycles. The minimum absolute atomic E-state index is 0. The normalized spacial score (nSPS) is 23.8. The van der Waals surface area contributed by atoms with Crippen molar-refractivity contribution in [2.75, 3.05) is 39.0 Å². The summed E-state index contributed by atoms with van der Waals surface area (Å²) in [5, 5.41) is 6.93. The average Bonchev–Trinajstić information content (AvgIpc) is 2.87. The van der Waals surface area contributed by atoms with Crippen LogP contribution in [0.2, 0.25) is 0 Å². The summed E-state index contributed by atoms with van der Waals surface area (Å²) in [4.78, 5) is 6.78. The average molecular weight is 428 g/mol. The van der Waals surface area contributed by atoms with E-state index in [-0.39, 0.29) is 24.0 Å². The van der Waals surface area contributed by atoms with Crippen LogP contribution >= 0.6 is 35.7 Å². The molecule has 0 saturated carbocycles. The molecule has 2 unspecified atom stereocenters. The second-order valence-electron chi connectivity index (χ2n) is 5.78. The van der Waals surface area contributed by atoms with Crippen LogP contribution < -0.4 is 10.6 Å². The van der Waals surface area contributed by atoms with Crippen LogP contribution in [0.1, 0.15) is 40.5 Å². The number of likely N-dealkylation sites (N-methyl/N-ethyl adjacent to an activating group) is 1. The highest BCUT2D eigenvalue weighted by molar-refractivity contribution is 14.0. The van der Waals surface area contributed by atoms with Crippen molar-refractivity contribution in [3.63, 3.8) is 0 Å². The number of aliphatic imine (C=N–C) groups is 1. The Morgan fingerprint density at radius 1 is 1.33 bits per heavy atom. The van der Waals surface area contributed by atoms with Gasteiger partial charge in [0.1, 0.15) is 0 Å². The molecule has 4 nitrogen and oxygen atoms in total. The summed E-state index contributed by atoms with van der Waals surface area (Å²) in [5.41, 5.74) is 0. The maximum atomic E-state index is 4.33. The molecule has 1 heterocycles. The van der Waals surface area contributed by atoms with Crippen molar-refractivity contribution in [3.05, 3.63) is 0 Å². The van der Waals surface area contributed by atoms with Crippen molar-refractivity contribution in [2.45, 2.75) is 51.3 Å². The fourth-order valence-corrected chi connectivity index (χ4v) is 3.93. The Morgan fingerprint density at radius 3 is 2.48 bits per heavy atom. The Morgan fingerprint density at radius 2 is 2.00 bits per heavy atom. The molecule has 0 aromatic heterocycles. The van der Waals surface area contributed by atoms with E-state index in [1.54, 1.807) is 0 Å². The Hall–Kier alpha value is 0.310. The third-order valence-electron chi connectivity index (χ3n) is 4.15. The maximum Gasteiger partial charge on any atom is 0.191 e. The predicted octanol–water partition coefficient (Wildman–Crippen LogP) is 2.79. The van der Waals surface area contributed by atoms with Gasteiger partial charge < -0.3 is 10.6 Å². The number of rotatable bonds is 7. The van der Waals surface area contributed by atoms with E-state index >= 15 is 0 Å². The molecule has 0 aromatic carbocycles. The van der Waals surface area contributed by atoms with Crippen LogP contribution in [0.5, 0.6) is 0 Å². The number of thioether (sulfide) groups is 1. The Bertz CT molecular complexity index is 302. The van der Waals surface area contributed by atoms with E-state index < -0.39 is 0 Å². The van der Waals surface area contributed by atoms with E-state index in [0.717, 1.165) is 32.1 Å². The van der Waals surface area contributed by atoms with Crippen LogP contribution in [-0.4, -0.2) is 60.6 Å². The molecule has 2 N–H and O–H groups in total. The quantitative estimate of drug-likeness (QED) is 0.372. The van der Waals surface area contributed by atoms with Crippen molar-refractivity contribution in [3.8, 4) is 0 Å². The molecule has 0 aliphatic carbocycles. The minimum atomic E-state index is 0. The predicted molar refractivity (Wildman–Crippen MR) is 107 cm³/mol. The molecule has 126 valence electrons. The van der Waals surface area contributed by atoms with E-state index in [4.69, 9.17) is 0 Å². The van der Waals surface area contributed by atoms with Crippen LogP contribution in [0, 0.1) is 0 Å². The maximum absolute atomic E-state index is 4.33. The molecule has 1 aliphatic heterocycles. The van der Waals surface area contributed by atoms with Crippen molar-refractivity contribution in [1.29, 1.82) is 0 Å². The Kier molecular flexibility index (Phi) is 11.1. The molecule has 1 rings (SSSR count). The first kappa shape index (κ1) is 21.3. The molecule has 21 heavy (non-hydrogen) atoms. The van der Waals surface area contributed by atoms with Crippen LogP contribution in [0.15, 0.2) is 4.99 Å². The van der Waals surface area contributed by atoms with Gasteiger partial charge in [-0.25, -0.2) is 0 Å². The molecule has 1 fully saturated rings. The van der Waals surface area contributed by atoms with Gasteiger partial charge in [0.05, 0.1) is 0 Å². The largest absolute Gasteiger partial charge is 0.355 e. The van der Waals surface area contributed by atoms with E-state index in [9.17, 15) is 0 Å².